The van der Waals surface area contributed by atoms with Crippen LogP contribution in [0.2, 0.25) is 0 Å². The minimum Gasteiger partial charge on any atom is -0.396 e. The number of aliphatic hydroxyl groups is 1. The normalized spacial score (nSPS) is 11.9. The molecule has 1 unspecified atom stereocenters. The van der Waals surface area contributed by atoms with Gasteiger partial charge in [-0.25, -0.2) is 4.39 Å². The first-order chi connectivity index (χ1) is 8.86. The zero-order valence-corrected chi connectivity index (χ0v) is 10.2. The molecule has 1 rings (SSSR count). The van der Waals surface area contributed by atoms with Crippen molar-refractivity contribution in [2.24, 2.45) is 5.92 Å². The fourth-order valence-electron chi connectivity index (χ4n) is 1.37. The van der Waals surface area contributed by atoms with Crippen LogP contribution in [0.25, 0.3) is 0 Å². The number of hydrogen-bond acceptors (Lipinski definition) is 5. The van der Waals surface area contributed by atoms with E-state index in [1.165, 1.54) is 0 Å². The smallest absolute Gasteiger partial charge is 0.295 e. The number of aliphatic hydroxyl groups excluding tert-OH is 1. The highest BCUT2D eigenvalue weighted by atomic mass is 19.1. The minimum atomic E-state index is -0.916. The number of nitro groups is 1. The summed E-state index contributed by atoms with van der Waals surface area (Å²) in [6, 6.07) is 1.49. The van der Waals surface area contributed by atoms with Crippen molar-refractivity contribution in [3.63, 3.8) is 0 Å². The largest absolute Gasteiger partial charge is 0.396 e. The molecule has 0 aliphatic carbocycles. The third-order valence-electron chi connectivity index (χ3n) is 2.49. The van der Waals surface area contributed by atoms with Crippen LogP contribution in [0.15, 0.2) is 12.1 Å². The molecule has 0 bridgehead atoms. The number of nitrogens with two attached hydrogens (primary N) is 1. The molecule has 1 aromatic carbocycles. The average Bonchev–Trinajstić information content (AvgIpc) is 2.37. The van der Waals surface area contributed by atoms with Crippen molar-refractivity contribution in [2.45, 2.75) is 6.92 Å². The Hall–Kier alpha value is -2.22. The molecule has 0 radical (unpaired) electrons. The summed E-state index contributed by atoms with van der Waals surface area (Å²) < 4.78 is 13.2. The van der Waals surface area contributed by atoms with E-state index in [1.807, 2.05) is 0 Å². The van der Waals surface area contributed by atoms with E-state index in [1.54, 1.807) is 6.92 Å². The zero-order chi connectivity index (χ0) is 14.6. The lowest BCUT2D eigenvalue weighted by atomic mass is 10.1. The molecular weight excluding hydrogens is 257 g/mol. The van der Waals surface area contributed by atoms with Crippen molar-refractivity contribution >= 4 is 17.3 Å². The summed E-state index contributed by atoms with van der Waals surface area (Å²) in [6.07, 6.45) is 0. The number of amides is 1. The number of nitro benzene ring substituents is 1. The van der Waals surface area contributed by atoms with Gasteiger partial charge in [-0.05, 0) is 12.0 Å². The van der Waals surface area contributed by atoms with Crippen LogP contribution < -0.4 is 11.1 Å². The van der Waals surface area contributed by atoms with Gasteiger partial charge < -0.3 is 16.2 Å². The summed E-state index contributed by atoms with van der Waals surface area (Å²) in [7, 11) is 0. The minimum absolute atomic E-state index is 0.126. The Morgan fingerprint density at radius 1 is 1.63 bits per heavy atom. The molecule has 0 heterocycles. The van der Waals surface area contributed by atoms with Crippen LogP contribution in [0.4, 0.5) is 15.8 Å². The molecule has 8 heteroatoms. The van der Waals surface area contributed by atoms with Gasteiger partial charge in [-0.15, -0.1) is 0 Å². The Morgan fingerprint density at radius 2 is 2.26 bits per heavy atom. The fraction of sp³-hybridized carbons (Fsp3) is 0.364. The predicted molar refractivity (Wildman–Crippen MR) is 66.0 cm³/mol. The summed E-state index contributed by atoms with van der Waals surface area (Å²) in [5.41, 5.74) is 4.14. The molecule has 19 heavy (non-hydrogen) atoms. The lowest BCUT2D eigenvalue weighted by molar-refractivity contribution is -0.384. The molecule has 1 aromatic rings. The summed E-state index contributed by atoms with van der Waals surface area (Å²) >= 11 is 0. The maximum absolute atomic E-state index is 13.2. The van der Waals surface area contributed by atoms with Crippen LogP contribution in [0, 0.1) is 21.8 Å². The van der Waals surface area contributed by atoms with Crippen molar-refractivity contribution in [2.75, 3.05) is 18.9 Å². The fourth-order valence-corrected chi connectivity index (χ4v) is 1.37. The monoisotopic (exact) mass is 271 g/mol. The number of halogens is 1. The van der Waals surface area contributed by atoms with Crippen molar-refractivity contribution < 1.29 is 19.2 Å². The van der Waals surface area contributed by atoms with Gasteiger partial charge in [-0.2, -0.15) is 0 Å². The first-order valence-electron chi connectivity index (χ1n) is 5.49. The highest BCUT2D eigenvalue weighted by Crippen LogP contribution is 2.26. The second-order valence-corrected chi connectivity index (χ2v) is 4.14. The average molecular weight is 271 g/mol. The molecule has 0 aliphatic rings. The number of carbonyl (C=O) groups excluding carboxylic acids is 1. The van der Waals surface area contributed by atoms with E-state index < -0.39 is 22.3 Å². The number of anilines is 1. The number of benzene rings is 1. The third kappa shape index (κ3) is 3.62. The number of nitrogens with one attached hydrogen (secondary N) is 1. The summed E-state index contributed by atoms with van der Waals surface area (Å²) in [4.78, 5) is 21.6. The van der Waals surface area contributed by atoms with Crippen LogP contribution >= 0.6 is 0 Å². The molecule has 0 aromatic heterocycles. The molecule has 0 saturated heterocycles. The Kier molecular flexibility index (Phi) is 4.76. The highest BCUT2D eigenvalue weighted by Gasteiger charge is 2.21. The second kappa shape index (κ2) is 6.10. The molecule has 0 aliphatic heterocycles. The van der Waals surface area contributed by atoms with Crippen LogP contribution in [0.5, 0.6) is 0 Å². The number of nitrogens with zero attached hydrogens (tertiary/aromatic N) is 1. The lowest BCUT2D eigenvalue weighted by Crippen LogP contribution is -2.30. The lowest BCUT2D eigenvalue weighted by Gasteiger charge is -2.11. The van der Waals surface area contributed by atoms with Crippen molar-refractivity contribution in [1.82, 2.24) is 5.32 Å². The third-order valence-corrected chi connectivity index (χ3v) is 2.49. The summed E-state index contributed by atoms with van der Waals surface area (Å²) in [5, 5.41) is 21.9. The standard InChI is InChI=1S/C11H14FN3O4/c1-6(5-16)4-14-11(17)8-2-7(12)3-9(10(8)13)15(18)19/h2-3,6,16H,4-5,13H2,1H3,(H,14,17). The molecule has 7 nitrogen and oxygen atoms in total. The van der Waals surface area contributed by atoms with E-state index in [4.69, 9.17) is 10.8 Å². The Labute approximate surface area is 108 Å². The number of carbonyl (C=O) groups is 1. The summed E-state index contributed by atoms with van der Waals surface area (Å²) in [5.74, 6) is -1.82. The first-order valence-corrected chi connectivity index (χ1v) is 5.49. The molecule has 1 amide bonds. The van der Waals surface area contributed by atoms with E-state index >= 15 is 0 Å². The predicted octanol–water partition coefficient (Wildman–Crippen LogP) is 0.674. The van der Waals surface area contributed by atoms with Crippen LogP contribution in [0.1, 0.15) is 17.3 Å². The molecule has 104 valence electrons. The summed E-state index contributed by atoms with van der Waals surface area (Å²) in [6.45, 7) is 1.72. The van der Waals surface area contributed by atoms with E-state index in [0.29, 0.717) is 6.07 Å². The van der Waals surface area contributed by atoms with Crippen molar-refractivity contribution in [3.8, 4) is 0 Å². The second-order valence-electron chi connectivity index (χ2n) is 4.14. The molecule has 0 fully saturated rings. The van der Waals surface area contributed by atoms with Gasteiger partial charge in [0.05, 0.1) is 16.6 Å². The van der Waals surface area contributed by atoms with E-state index in [2.05, 4.69) is 5.32 Å². The molecule has 0 saturated carbocycles. The molecular formula is C11H14FN3O4. The molecule has 1 atom stereocenters. The Balaban J connectivity index is 3.00. The van der Waals surface area contributed by atoms with Crippen LogP contribution in [-0.2, 0) is 0 Å². The Bertz CT molecular complexity index is 507. The molecule has 4 N–H and O–H groups in total. The van der Waals surface area contributed by atoms with Crippen LogP contribution in [-0.4, -0.2) is 29.1 Å². The SMILES string of the molecule is CC(CO)CNC(=O)c1cc(F)cc([N+](=O)[O-])c1N. The highest BCUT2D eigenvalue weighted by molar-refractivity contribution is 6.01. The Morgan fingerprint density at radius 3 is 2.79 bits per heavy atom. The van der Waals surface area contributed by atoms with Gasteiger partial charge in [0.2, 0.25) is 0 Å². The molecule has 0 spiro atoms. The van der Waals surface area contributed by atoms with Crippen molar-refractivity contribution in [1.29, 1.82) is 0 Å². The quantitative estimate of drug-likeness (QED) is 0.413. The van der Waals surface area contributed by atoms with Gasteiger partial charge in [0.25, 0.3) is 11.6 Å². The van der Waals surface area contributed by atoms with Gasteiger partial charge in [-0.1, -0.05) is 6.92 Å². The van der Waals surface area contributed by atoms with E-state index in [9.17, 15) is 19.3 Å². The number of hydrogen-bond donors (Lipinski definition) is 3. The van der Waals surface area contributed by atoms with Gasteiger partial charge in [0, 0.05) is 13.2 Å². The first kappa shape index (κ1) is 14.8. The number of rotatable bonds is 5. The van der Waals surface area contributed by atoms with Gasteiger partial charge >= 0.3 is 0 Å². The van der Waals surface area contributed by atoms with E-state index in [0.717, 1.165) is 6.07 Å². The van der Waals surface area contributed by atoms with Gasteiger partial charge in [-0.3, -0.25) is 14.9 Å². The maximum atomic E-state index is 13.2. The van der Waals surface area contributed by atoms with Crippen molar-refractivity contribution in [3.05, 3.63) is 33.6 Å². The van der Waals surface area contributed by atoms with E-state index in [-0.39, 0.29) is 30.3 Å². The van der Waals surface area contributed by atoms with Crippen LogP contribution in [0.3, 0.4) is 0 Å². The number of nitrogen functional groups attached to an aromatic ring is 1. The van der Waals surface area contributed by atoms with Gasteiger partial charge in [0.15, 0.2) is 0 Å². The maximum Gasteiger partial charge on any atom is 0.295 e. The topological polar surface area (TPSA) is 118 Å². The van der Waals surface area contributed by atoms with Gasteiger partial charge in [0.1, 0.15) is 11.5 Å². The zero-order valence-electron chi connectivity index (χ0n) is 10.2.